The van der Waals surface area contributed by atoms with Crippen LogP contribution in [0.1, 0.15) is 25.7 Å². The first-order valence-corrected chi connectivity index (χ1v) is 5.88. The Morgan fingerprint density at radius 2 is 1.67 bits per heavy atom. The Bertz CT molecular complexity index is 313. The summed E-state index contributed by atoms with van der Waals surface area (Å²) >= 11 is 0. The van der Waals surface area contributed by atoms with Crippen LogP contribution in [0.4, 0.5) is 0 Å². The van der Waals surface area contributed by atoms with Crippen LogP contribution in [0.25, 0.3) is 0 Å². The van der Waals surface area contributed by atoms with Gasteiger partial charge in [-0.3, -0.25) is 0 Å². The molecule has 2 heterocycles. The molecule has 2 aliphatic heterocycles. The van der Waals surface area contributed by atoms with Gasteiger partial charge in [0.05, 0.1) is 0 Å². The molecule has 15 heavy (non-hydrogen) atoms. The lowest BCUT2D eigenvalue weighted by atomic mass is 10.0. The van der Waals surface area contributed by atoms with Gasteiger partial charge in [0.1, 0.15) is 11.9 Å². The van der Waals surface area contributed by atoms with Gasteiger partial charge in [-0.25, -0.2) is 0 Å². The highest BCUT2D eigenvalue weighted by atomic mass is 16.5. The molecule has 2 aliphatic rings. The normalized spacial score (nSPS) is 34.0. The molecule has 0 radical (unpaired) electrons. The van der Waals surface area contributed by atoms with Crippen molar-refractivity contribution in [3.8, 4) is 5.75 Å². The maximum Gasteiger partial charge on any atom is 0.119 e. The first-order valence-electron chi connectivity index (χ1n) is 5.88. The van der Waals surface area contributed by atoms with Gasteiger partial charge in [-0.2, -0.15) is 0 Å². The summed E-state index contributed by atoms with van der Waals surface area (Å²) in [5.41, 5.74) is 0. The summed E-state index contributed by atoms with van der Waals surface area (Å²) in [4.78, 5) is 0. The molecule has 3 atom stereocenters. The molecule has 3 rings (SSSR count). The maximum absolute atomic E-state index is 6.00. The van der Waals surface area contributed by atoms with Gasteiger partial charge in [-0.15, -0.1) is 0 Å². The van der Waals surface area contributed by atoms with Gasteiger partial charge >= 0.3 is 0 Å². The van der Waals surface area contributed by atoms with Crippen molar-refractivity contribution in [2.75, 3.05) is 0 Å². The molecular weight excluding hydrogens is 186 g/mol. The Balaban J connectivity index is 1.65. The molecule has 0 saturated carbocycles. The number of benzene rings is 1. The molecule has 0 amide bonds. The molecule has 2 bridgehead atoms. The minimum atomic E-state index is 0.422. The molecule has 1 N–H and O–H groups in total. The standard InChI is InChI=1S/C13H17NO/c1-2-4-12(5-3-1)15-13-8-10-6-7-11(9-13)14-10/h1-5,10-11,13-14H,6-9H2/t10-,11+,13-. The SMILES string of the molecule is c1ccc(O[C@@H]2C[C@H]3CC[C@@H](C2)N3)cc1. The lowest BCUT2D eigenvalue weighted by Gasteiger charge is -2.29. The van der Waals surface area contributed by atoms with Crippen LogP contribution in [0.3, 0.4) is 0 Å². The number of fused-ring (bicyclic) bond motifs is 2. The van der Waals surface area contributed by atoms with Crippen molar-refractivity contribution in [1.82, 2.24) is 5.32 Å². The van der Waals surface area contributed by atoms with Crippen LogP contribution in [-0.2, 0) is 0 Å². The number of rotatable bonds is 2. The molecule has 2 saturated heterocycles. The lowest BCUT2D eigenvalue weighted by Crippen LogP contribution is -2.42. The van der Waals surface area contributed by atoms with Gasteiger partial charge in [0, 0.05) is 12.1 Å². The Morgan fingerprint density at radius 1 is 1.00 bits per heavy atom. The van der Waals surface area contributed by atoms with Crippen molar-refractivity contribution in [3.63, 3.8) is 0 Å². The van der Waals surface area contributed by atoms with Crippen molar-refractivity contribution < 1.29 is 4.74 Å². The smallest absolute Gasteiger partial charge is 0.119 e. The third-order valence-electron chi connectivity index (χ3n) is 3.48. The topological polar surface area (TPSA) is 21.3 Å². The van der Waals surface area contributed by atoms with Crippen molar-refractivity contribution in [2.45, 2.75) is 43.9 Å². The summed E-state index contributed by atoms with van der Waals surface area (Å²) in [6.07, 6.45) is 5.43. The van der Waals surface area contributed by atoms with Gasteiger partial charge in [0.25, 0.3) is 0 Å². The largest absolute Gasteiger partial charge is 0.490 e. The second-order valence-electron chi connectivity index (χ2n) is 4.66. The van der Waals surface area contributed by atoms with E-state index in [1.807, 2.05) is 30.3 Å². The molecule has 1 aromatic rings. The minimum Gasteiger partial charge on any atom is -0.490 e. The highest BCUT2D eigenvalue weighted by Crippen LogP contribution is 2.29. The predicted molar refractivity (Wildman–Crippen MR) is 60.0 cm³/mol. The fourth-order valence-electron chi connectivity index (χ4n) is 2.79. The molecule has 2 heteroatoms. The third-order valence-corrected chi connectivity index (χ3v) is 3.48. The zero-order valence-electron chi connectivity index (χ0n) is 8.86. The molecule has 0 unspecified atom stereocenters. The molecule has 2 nitrogen and oxygen atoms in total. The Labute approximate surface area is 90.6 Å². The molecule has 0 aliphatic carbocycles. The van der Waals surface area contributed by atoms with Gasteiger partial charge in [-0.05, 0) is 37.8 Å². The van der Waals surface area contributed by atoms with Gasteiger partial charge < -0.3 is 10.1 Å². The van der Waals surface area contributed by atoms with E-state index in [4.69, 9.17) is 4.74 Å². The molecule has 1 aromatic carbocycles. The van der Waals surface area contributed by atoms with Gasteiger partial charge in [-0.1, -0.05) is 18.2 Å². The quantitative estimate of drug-likeness (QED) is 0.796. The second kappa shape index (κ2) is 3.86. The highest BCUT2D eigenvalue weighted by Gasteiger charge is 2.34. The van der Waals surface area contributed by atoms with Crippen molar-refractivity contribution in [1.29, 1.82) is 0 Å². The van der Waals surface area contributed by atoms with Crippen LogP contribution in [0.15, 0.2) is 30.3 Å². The zero-order chi connectivity index (χ0) is 10.1. The summed E-state index contributed by atoms with van der Waals surface area (Å²) in [5, 5.41) is 3.63. The van der Waals surface area contributed by atoms with E-state index >= 15 is 0 Å². The summed E-state index contributed by atoms with van der Waals surface area (Å²) < 4.78 is 6.00. The van der Waals surface area contributed by atoms with Crippen molar-refractivity contribution >= 4 is 0 Å². The van der Waals surface area contributed by atoms with Gasteiger partial charge in [0.2, 0.25) is 0 Å². The Hall–Kier alpha value is -1.02. The van der Waals surface area contributed by atoms with E-state index in [0.717, 1.165) is 5.75 Å². The van der Waals surface area contributed by atoms with Crippen molar-refractivity contribution in [2.24, 2.45) is 0 Å². The maximum atomic E-state index is 6.00. The summed E-state index contributed by atoms with van der Waals surface area (Å²) in [5.74, 6) is 1.02. The minimum absolute atomic E-state index is 0.422. The van der Waals surface area contributed by atoms with Crippen LogP contribution < -0.4 is 10.1 Å². The van der Waals surface area contributed by atoms with E-state index in [-0.39, 0.29) is 0 Å². The van der Waals surface area contributed by atoms with Crippen LogP contribution in [0.5, 0.6) is 5.75 Å². The van der Waals surface area contributed by atoms with E-state index in [1.54, 1.807) is 0 Å². The van der Waals surface area contributed by atoms with E-state index in [2.05, 4.69) is 5.32 Å². The number of para-hydroxylation sites is 1. The van der Waals surface area contributed by atoms with Crippen molar-refractivity contribution in [3.05, 3.63) is 30.3 Å². The number of hydrogen-bond acceptors (Lipinski definition) is 2. The molecule has 80 valence electrons. The lowest BCUT2D eigenvalue weighted by molar-refractivity contribution is 0.137. The summed E-state index contributed by atoms with van der Waals surface area (Å²) in [7, 11) is 0. The molecular formula is C13H17NO. The van der Waals surface area contributed by atoms with Gasteiger partial charge in [0.15, 0.2) is 0 Å². The number of piperidine rings is 1. The molecule has 0 spiro atoms. The van der Waals surface area contributed by atoms with Crippen LogP contribution in [0.2, 0.25) is 0 Å². The second-order valence-corrected chi connectivity index (χ2v) is 4.66. The van der Waals surface area contributed by atoms with E-state index in [9.17, 15) is 0 Å². The van der Waals surface area contributed by atoms with E-state index < -0.39 is 0 Å². The van der Waals surface area contributed by atoms with E-state index in [0.29, 0.717) is 18.2 Å². The number of hydrogen-bond donors (Lipinski definition) is 1. The van der Waals surface area contributed by atoms with Crippen LogP contribution in [-0.4, -0.2) is 18.2 Å². The van der Waals surface area contributed by atoms with Crippen LogP contribution in [0, 0.1) is 0 Å². The summed E-state index contributed by atoms with van der Waals surface area (Å²) in [6, 6.07) is 11.6. The average molecular weight is 203 g/mol. The Morgan fingerprint density at radius 3 is 2.33 bits per heavy atom. The summed E-state index contributed by atoms with van der Waals surface area (Å²) in [6.45, 7) is 0. The Kier molecular flexibility index (Phi) is 2.37. The molecule has 0 aromatic heterocycles. The fourth-order valence-corrected chi connectivity index (χ4v) is 2.79. The highest BCUT2D eigenvalue weighted by molar-refractivity contribution is 5.21. The monoisotopic (exact) mass is 203 g/mol. The first kappa shape index (κ1) is 9.22. The third kappa shape index (κ3) is 2.00. The number of ether oxygens (including phenoxy) is 1. The van der Waals surface area contributed by atoms with E-state index in [1.165, 1.54) is 25.7 Å². The number of nitrogens with one attached hydrogen (secondary N) is 1. The zero-order valence-corrected chi connectivity index (χ0v) is 8.86. The predicted octanol–water partition coefficient (Wildman–Crippen LogP) is 2.35. The first-order chi connectivity index (χ1) is 7.40. The molecule has 2 fully saturated rings. The average Bonchev–Trinajstić information content (AvgIpc) is 2.60. The fraction of sp³-hybridized carbons (Fsp3) is 0.538. The van der Waals surface area contributed by atoms with Crippen LogP contribution >= 0.6 is 0 Å².